The second-order valence-electron chi connectivity index (χ2n) is 6.39. The van der Waals surface area contributed by atoms with Crippen LogP contribution < -0.4 is 5.32 Å². The zero-order valence-electron chi connectivity index (χ0n) is 13.0. The monoisotopic (exact) mass is 298 g/mol. The lowest BCUT2D eigenvalue weighted by atomic mass is 9.84. The molecule has 3 aliphatic rings. The number of para-hydroxylation sites is 2. The molecule has 1 unspecified atom stereocenters. The Balaban J connectivity index is 1.60. The molecule has 3 fully saturated rings. The molecule has 1 aromatic heterocycles. The van der Waals surface area contributed by atoms with Crippen molar-refractivity contribution in [1.29, 1.82) is 0 Å². The molecule has 5 heteroatoms. The number of carbonyl (C=O) groups excluding carboxylic acids is 1. The largest absolute Gasteiger partial charge is 0.345 e. The third-order valence-electron chi connectivity index (χ3n) is 5.15. The zero-order chi connectivity index (χ0) is 15.1. The van der Waals surface area contributed by atoms with Crippen molar-refractivity contribution < 1.29 is 4.79 Å². The summed E-state index contributed by atoms with van der Waals surface area (Å²) in [6.45, 7) is 6.17. The predicted molar refractivity (Wildman–Crippen MR) is 85.8 cm³/mol. The number of aromatic nitrogens is 2. The highest BCUT2D eigenvalue weighted by Crippen LogP contribution is 2.27. The van der Waals surface area contributed by atoms with Crippen LogP contribution in [0.4, 0.5) is 0 Å². The van der Waals surface area contributed by atoms with Crippen molar-refractivity contribution in [3.63, 3.8) is 0 Å². The molecule has 0 saturated carbocycles. The van der Waals surface area contributed by atoms with Crippen molar-refractivity contribution in [3.05, 3.63) is 30.1 Å². The first-order valence-electron chi connectivity index (χ1n) is 8.24. The Labute approximate surface area is 130 Å². The highest BCUT2D eigenvalue weighted by molar-refractivity contribution is 5.95. The van der Waals surface area contributed by atoms with Gasteiger partial charge in [0.2, 0.25) is 0 Å². The number of hydrogen-bond acceptors (Lipinski definition) is 3. The van der Waals surface area contributed by atoms with Gasteiger partial charge in [-0.25, -0.2) is 4.98 Å². The summed E-state index contributed by atoms with van der Waals surface area (Å²) in [4.78, 5) is 19.7. The summed E-state index contributed by atoms with van der Waals surface area (Å²) in [5.41, 5.74) is 1.92. The lowest BCUT2D eigenvalue weighted by Gasteiger charge is -2.44. The fraction of sp³-hybridized carbons (Fsp3) is 0.529. The maximum Gasteiger partial charge on any atom is 0.287 e. The van der Waals surface area contributed by atoms with Crippen molar-refractivity contribution in [2.45, 2.75) is 32.4 Å². The van der Waals surface area contributed by atoms with Crippen molar-refractivity contribution >= 4 is 16.9 Å². The molecule has 2 bridgehead atoms. The Bertz CT molecular complexity index is 700. The van der Waals surface area contributed by atoms with E-state index >= 15 is 0 Å². The lowest BCUT2D eigenvalue weighted by Crippen LogP contribution is -2.57. The van der Waals surface area contributed by atoms with E-state index in [1.54, 1.807) is 0 Å². The first kappa shape index (κ1) is 13.8. The van der Waals surface area contributed by atoms with Crippen LogP contribution in [0.2, 0.25) is 0 Å². The normalized spacial score (nSPS) is 27.2. The van der Waals surface area contributed by atoms with E-state index in [-0.39, 0.29) is 11.9 Å². The molecule has 1 N–H and O–H groups in total. The van der Waals surface area contributed by atoms with Crippen LogP contribution in [0.25, 0.3) is 11.0 Å². The third-order valence-corrected chi connectivity index (χ3v) is 5.15. The minimum absolute atomic E-state index is 0.0307. The predicted octanol–water partition coefficient (Wildman–Crippen LogP) is 1.88. The number of nitrogens with one attached hydrogen (secondary N) is 1. The summed E-state index contributed by atoms with van der Waals surface area (Å²) in [5, 5.41) is 3.24. The van der Waals surface area contributed by atoms with Crippen LogP contribution in [-0.2, 0) is 6.54 Å². The number of benzene rings is 1. The molecule has 5 nitrogen and oxygen atoms in total. The van der Waals surface area contributed by atoms with Gasteiger partial charge in [-0.3, -0.25) is 4.79 Å². The quantitative estimate of drug-likeness (QED) is 0.941. The summed E-state index contributed by atoms with van der Waals surface area (Å²) >= 11 is 0. The molecule has 1 amide bonds. The summed E-state index contributed by atoms with van der Waals surface area (Å²) in [6, 6.07) is 8.22. The van der Waals surface area contributed by atoms with E-state index in [1.807, 2.05) is 28.8 Å². The van der Waals surface area contributed by atoms with Crippen LogP contribution in [0.1, 0.15) is 30.4 Å². The molecule has 3 aliphatic heterocycles. The van der Waals surface area contributed by atoms with Gasteiger partial charge in [0.05, 0.1) is 11.0 Å². The molecule has 0 aliphatic carbocycles. The van der Waals surface area contributed by atoms with Crippen LogP contribution in [-0.4, -0.2) is 46.0 Å². The topological polar surface area (TPSA) is 50.2 Å². The molecule has 1 atom stereocenters. The van der Waals surface area contributed by atoms with Crippen molar-refractivity contribution in [2.24, 2.45) is 5.92 Å². The van der Waals surface area contributed by atoms with E-state index in [0.717, 1.165) is 24.1 Å². The number of hydrogen-bond donors (Lipinski definition) is 1. The highest BCUT2D eigenvalue weighted by Gasteiger charge is 2.35. The minimum atomic E-state index is -0.0307. The van der Waals surface area contributed by atoms with Gasteiger partial charge in [-0.1, -0.05) is 12.1 Å². The van der Waals surface area contributed by atoms with Crippen LogP contribution in [0.3, 0.4) is 0 Å². The Hall–Kier alpha value is -1.88. The van der Waals surface area contributed by atoms with E-state index < -0.39 is 0 Å². The number of carbonyl (C=O) groups is 1. The number of piperidine rings is 3. The number of imidazole rings is 1. The van der Waals surface area contributed by atoms with Crippen molar-refractivity contribution in [1.82, 2.24) is 19.8 Å². The zero-order valence-corrected chi connectivity index (χ0v) is 13.0. The van der Waals surface area contributed by atoms with Gasteiger partial charge >= 0.3 is 0 Å². The highest BCUT2D eigenvalue weighted by atomic mass is 16.2. The van der Waals surface area contributed by atoms with Crippen LogP contribution >= 0.6 is 0 Å². The first-order chi connectivity index (χ1) is 10.8. The summed E-state index contributed by atoms with van der Waals surface area (Å²) in [6.07, 6.45) is 2.41. The van der Waals surface area contributed by atoms with Crippen LogP contribution in [0, 0.1) is 5.92 Å². The average Bonchev–Trinajstić information content (AvgIpc) is 2.94. The fourth-order valence-electron chi connectivity index (χ4n) is 3.93. The second kappa shape index (κ2) is 5.39. The Kier molecular flexibility index (Phi) is 3.37. The van der Waals surface area contributed by atoms with Gasteiger partial charge in [0.15, 0.2) is 5.82 Å². The molecule has 2 aromatic rings. The first-order valence-corrected chi connectivity index (χ1v) is 8.24. The van der Waals surface area contributed by atoms with Gasteiger partial charge in [-0.2, -0.15) is 0 Å². The Morgan fingerprint density at radius 1 is 1.32 bits per heavy atom. The SMILES string of the molecule is CCn1c(C(=O)NC2CN3CCC2CC3)nc2ccccc21. The van der Waals surface area contributed by atoms with E-state index in [4.69, 9.17) is 0 Å². The standard InChI is InChI=1S/C17H22N4O/c1-2-21-15-6-4-3-5-13(15)18-16(21)17(22)19-14-11-20-9-7-12(14)8-10-20/h3-6,12,14H,2,7-11H2,1H3,(H,19,22). The average molecular weight is 298 g/mol. The number of nitrogens with zero attached hydrogens (tertiary/aromatic N) is 3. The molecule has 4 heterocycles. The minimum Gasteiger partial charge on any atom is -0.345 e. The van der Waals surface area contributed by atoms with Gasteiger partial charge in [-0.15, -0.1) is 0 Å². The molecule has 5 rings (SSSR count). The Morgan fingerprint density at radius 3 is 2.77 bits per heavy atom. The second-order valence-corrected chi connectivity index (χ2v) is 6.39. The van der Waals surface area contributed by atoms with E-state index in [2.05, 4.69) is 22.1 Å². The van der Waals surface area contributed by atoms with Crippen LogP contribution in [0.15, 0.2) is 24.3 Å². The smallest absolute Gasteiger partial charge is 0.287 e. The molecule has 116 valence electrons. The van der Waals surface area contributed by atoms with E-state index in [0.29, 0.717) is 11.7 Å². The molecule has 22 heavy (non-hydrogen) atoms. The number of rotatable bonds is 3. The van der Waals surface area contributed by atoms with Gasteiger partial charge < -0.3 is 14.8 Å². The molecule has 1 aromatic carbocycles. The summed E-state index contributed by atoms with van der Waals surface area (Å²) in [7, 11) is 0. The van der Waals surface area contributed by atoms with E-state index in [1.165, 1.54) is 25.9 Å². The van der Waals surface area contributed by atoms with Gasteiger partial charge in [0, 0.05) is 19.1 Å². The maximum absolute atomic E-state index is 12.7. The maximum atomic E-state index is 12.7. The lowest BCUT2D eigenvalue weighted by molar-refractivity contribution is 0.0613. The van der Waals surface area contributed by atoms with Crippen molar-refractivity contribution in [3.8, 4) is 0 Å². The van der Waals surface area contributed by atoms with Gasteiger partial charge in [0.25, 0.3) is 5.91 Å². The van der Waals surface area contributed by atoms with Gasteiger partial charge in [-0.05, 0) is 50.9 Å². The molecule has 0 spiro atoms. The van der Waals surface area contributed by atoms with Gasteiger partial charge in [0.1, 0.15) is 0 Å². The summed E-state index contributed by atoms with van der Waals surface area (Å²) < 4.78 is 2.01. The van der Waals surface area contributed by atoms with Crippen molar-refractivity contribution in [2.75, 3.05) is 19.6 Å². The number of amides is 1. The number of fused-ring (bicyclic) bond motifs is 4. The molecular formula is C17H22N4O. The van der Waals surface area contributed by atoms with E-state index in [9.17, 15) is 4.79 Å². The third kappa shape index (κ3) is 2.20. The Morgan fingerprint density at radius 2 is 2.09 bits per heavy atom. The number of aryl methyl sites for hydroxylation is 1. The molecule has 0 radical (unpaired) electrons. The molecule has 3 saturated heterocycles. The summed E-state index contributed by atoms with van der Waals surface area (Å²) in [5.74, 6) is 1.14. The van der Waals surface area contributed by atoms with Crippen LogP contribution in [0.5, 0.6) is 0 Å². The molecular weight excluding hydrogens is 276 g/mol. The fourth-order valence-corrected chi connectivity index (χ4v) is 3.93.